The highest BCUT2D eigenvalue weighted by atomic mass is 35.5. The molecule has 2 aromatic rings. The minimum absolute atomic E-state index is 0.206. The van der Waals surface area contributed by atoms with Crippen molar-refractivity contribution in [3.63, 3.8) is 0 Å². The van der Waals surface area contributed by atoms with Crippen LogP contribution in [0.1, 0.15) is 47.3 Å². The summed E-state index contributed by atoms with van der Waals surface area (Å²) >= 11 is 6.34. The van der Waals surface area contributed by atoms with Gasteiger partial charge >= 0.3 is 0 Å². The van der Waals surface area contributed by atoms with E-state index in [1.165, 1.54) is 5.56 Å². The molecular formula is C23H30ClN3O. The van der Waals surface area contributed by atoms with Gasteiger partial charge in [0, 0.05) is 36.8 Å². The van der Waals surface area contributed by atoms with Gasteiger partial charge in [-0.2, -0.15) is 0 Å². The predicted octanol–water partition coefficient (Wildman–Crippen LogP) is 4.23. The van der Waals surface area contributed by atoms with Crippen LogP contribution in [0.15, 0.2) is 48.5 Å². The number of carbonyl (C=O) groups excluding carboxylic acids is 1. The zero-order valence-corrected chi connectivity index (χ0v) is 17.5. The fourth-order valence-corrected chi connectivity index (χ4v) is 4.31. The molecule has 1 amide bonds. The fourth-order valence-electron chi connectivity index (χ4n) is 4.02. The summed E-state index contributed by atoms with van der Waals surface area (Å²) in [6.45, 7) is 5.00. The van der Waals surface area contributed by atoms with Gasteiger partial charge in [-0.05, 0) is 48.7 Å². The normalized spacial score (nSPS) is 18.2. The monoisotopic (exact) mass is 399 g/mol. The second kappa shape index (κ2) is 9.44. The zero-order valence-electron chi connectivity index (χ0n) is 16.8. The average Bonchev–Trinajstić information content (AvgIpc) is 3.11. The van der Waals surface area contributed by atoms with E-state index < -0.39 is 0 Å². The molecule has 1 fully saturated rings. The van der Waals surface area contributed by atoms with Crippen molar-refractivity contribution < 1.29 is 4.79 Å². The van der Waals surface area contributed by atoms with Crippen molar-refractivity contribution in [1.82, 2.24) is 4.90 Å². The number of nitrogens with two attached hydrogens (primary N) is 1. The molecular weight excluding hydrogens is 370 g/mol. The molecule has 2 N–H and O–H groups in total. The molecule has 150 valence electrons. The average molecular weight is 400 g/mol. The summed E-state index contributed by atoms with van der Waals surface area (Å²) in [5.74, 6) is -0.359. The Hall–Kier alpha value is -2.04. The van der Waals surface area contributed by atoms with Crippen LogP contribution in [0.25, 0.3) is 0 Å². The van der Waals surface area contributed by atoms with Crippen molar-refractivity contribution in [2.24, 2.45) is 5.73 Å². The Labute approximate surface area is 173 Å². The Balaban J connectivity index is 1.91. The molecule has 2 aromatic carbocycles. The van der Waals surface area contributed by atoms with Crippen molar-refractivity contribution in [3.8, 4) is 0 Å². The number of likely N-dealkylation sites (N-methyl/N-ethyl adjacent to an activating group) is 1. The van der Waals surface area contributed by atoms with Crippen LogP contribution in [-0.4, -0.2) is 42.9 Å². The van der Waals surface area contributed by atoms with Gasteiger partial charge < -0.3 is 10.6 Å². The van der Waals surface area contributed by atoms with Crippen LogP contribution in [0, 0.1) is 0 Å². The molecule has 5 heteroatoms. The summed E-state index contributed by atoms with van der Waals surface area (Å²) < 4.78 is 0. The first kappa shape index (κ1) is 20.7. The molecule has 1 aliphatic rings. The Bertz CT molecular complexity index is 796. The van der Waals surface area contributed by atoms with Crippen molar-refractivity contribution in [2.75, 3.05) is 31.6 Å². The van der Waals surface area contributed by atoms with E-state index in [2.05, 4.69) is 54.1 Å². The highest BCUT2D eigenvalue weighted by Crippen LogP contribution is 2.30. The standard InChI is InChI=1S/C23H30ClN3O/c1-3-7-18-14-20(10-11-21(18)23(25)28)26(2)22(17-8-5-4-6-9-17)16-27-13-12-19(24)15-27/h4-6,8-11,14,19,22H,3,7,12-13,15-16H2,1-2H3,(H2,25,28)/t19-,22+/m0/s1. The number of rotatable bonds is 8. The lowest BCUT2D eigenvalue weighted by Crippen LogP contribution is -2.35. The number of halogens is 1. The maximum atomic E-state index is 11.8. The lowest BCUT2D eigenvalue weighted by Gasteiger charge is -2.34. The van der Waals surface area contributed by atoms with Crippen LogP contribution in [0.4, 0.5) is 5.69 Å². The van der Waals surface area contributed by atoms with Crippen LogP contribution in [0.5, 0.6) is 0 Å². The Kier molecular flexibility index (Phi) is 6.97. The zero-order chi connectivity index (χ0) is 20.1. The summed E-state index contributed by atoms with van der Waals surface area (Å²) in [7, 11) is 2.13. The topological polar surface area (TPSA) is 49.6 Å². The smallest absolute Gasteiger partial charge is 0.248 e. The minimum Gasteiger partial charge on any atom is -0.366 e. The minimum atomic E-state index is -0.359. The lowest BCUT2D eigenvalue weighted by atomic mass is 9.99. The van der Waals surface area contributed by atoms with Crippen LogP contribution in [-0.2, 0) is 6.42 Å². The van der Waals surface area contributed by atoms with Crippen LogP contribution in [0.2, 0.25) is 0 Å². The van der Waals surface area contributed by atoms with Gasteiger partial charge in [0.1, 0.15) is 0 Å². The van der Waals surface area contributed by atoms with Gasteiger partial charge in [-0.15, -0.1) is 11.6 Å². The number of primary amides is 1. The molecule has 4 nitrogen and oxygen atoms in total. The fraction of sp³-hybridized carbons (Fsp3) is 0.435. The SMILES string of the molecule is CCCc1cc(N(C)[C@H](CN2CC[C@H](Cl)C2)c2ccccc2)ccc1C(N)=O. The first-order valence-electron chi connectivity index (χ1n) is 10.1. The number of hydrogen-bond donors (Lipinski definition) is 1. The summed E-state index contributed by atoms with van der Waals surface area (Å²) in [5, 5.41) is 0.243. The van der Waals surface area contributed by atoms with E-state index in [4.69, 9.17) is 17.3 Å². The molecule has 0 spiro atoms. The van der Waals surface area contributed by atoms with Gasteiger partial charge in [-0.1, -0.05) is 43.7 Å². The van der Waals surface area contributed by atoms with Gasteiger partial charge in [-0.25, -0.2) is 0 Å². The van der Waals surface area contributed by atoms with Crippen LogP contribution < -0.4 is 10.6 Å². The van der Waals surface area contributed by atoms with Crippen molar-refractivity contribution in [1.29, 1.82) is 0 Å². The lowest BCUT2D eigenvalue weighted by molar-refractivity contribution is 0.0999. The highest BCUT2D eigenvalue weighted by molar-refractivity contribution is 6.20. The first-order valence-corrected chi connectivity index (χ1v) is 10.5. The number of nitrogens with zero attached hydrogens (tertiary/aromatic N) is 2. The molecule has 3 rings (SSSR count). The molecule has 1 heterocycles. The van der Waals surface area contributed by atoms with Gasteiger partial charge in [-0.3, -0.25) is 9.69 Å². The van der Waals surface area contributed by atoms with Gasteiger partial charge in [0.25, 0.3) is 0 Å². The molecule has 1 saturated heterocycles. The number of amides is 1. The molecule has 28 heavy (non-hydrogen) atoms. The summed E-state index contributed by atoms with van der Waals surface area (Å²) in [6, 6.07) is 16.8. The van der Waals surface area contributed by atoms with E-state index in [0.717, 1.165) is 50.1 Å². The van der Waals surface area contributed by atoms with E-state index >= 15 is 0 Å². The summed E-state index contributed by atoms with van der Waals surface area (Å²) in [6.07, 6.45) is 2.86. The molecule has 0 unspecified atom stereocenters. The Morgan fingerprint density at radius 2 is 2.04 bits per heavy atom. The van der Waals surface area contributed by atoms with E-state index in [0.29, 0.717) is 5.56 Å². The third-order valence-corrected chi connectivity index (χ3v) is 5.93. The number of aryl methyl sites for hydroxylation is 1. The van der Waals surface area contributed by atoms with Crippen LogP contribution >= 0.6 is 11.6 Å². The summed E-state index contributed by atoms with van der Waals surface area (Å²) in [5.41, 5.74) is 9.60. The van der Waals surface area contributed by atoms with Gasteiger partial charge in [0.05, 0.1) is 6.04 Å². The maximum Gasteiger partial charge on any atom is 0.248 e. The molecule has 2 atom stereocenters. The van der Waals surface area contributed by atoms with Crippen molar-refractivity contribution in [2.45, 2.75) is 37.6 Å². The number of alkyl halides is 1. The molecule has 0 radical (unpaired) electrons. The van der Waals surface area contributed by atoms with E-state index in [1.807, 2.05) is 18.2 Å². The number of hydrogen-bond acceptors (Lipinski definition) is 3. The third kappa shape index (κ3) is 4.86. The Morgan fingerprint density at radius 3 is 2.64 bits per heavy atom. The van der Waals surface area contributed by atoms with Crippen molar-refractivity contribution in [3.05, 3.63) is 65.2 Å². The number of likely N-dealkylation sites (tertiary alicyclic amines) is 1. The molecule has 0 saturated carbocycles. The largest absolute Gasteiger partial charge is 0.366 e. The number of anilines is 1. The second-order valence-corrected chi connectivity index (χ2v) is 8.26. The molecule has 0 bridgehead atoms. The van der Waals surface area contributed by atoms with E-state index in [-0.39, 0.29) is 17.3 Å². The second-order valence-electron chi connectivity index (χ2n) is 7.64. The highest BCUT2D eigenvalue weighted by Gasteiger charge is 2.26. The van der Waals surface area contributed by atoms with Crippen molar-refractivity contribution >= 4 is 23.2 Å². The molecule has 1 aliphatic heterocycles. The maximum absolute atomic E-state index is 11.8. The van der Waals surface area contributed by atoms with Gasteiger partial charge in [0.15, 0.2) is 0 Å². The quantitative estimate of drug-likeness (QED) is 0.676. The predicted molar refractivity (Wildman–Crippen MR) is 117 cm³/mol. The first-order chi connectivity index (χ1) is 13.5. The number of carbonyl (C=O) groups is 1. The van der Waals surface area contributed by atoms with E-state index in [1.54, 1.807) is 0 Å². The Morgan fingerprint density at radius 1 is 1.29 bits per heavy atom. The number of benzene rings is 2. The van der Waals surface area contributed by atoms with Gasteiger partial charge in [0.2, 0.25) is 5.91 Å². The summed E-state index contributed by atoms with van der Waals surface area (Å²) in [4.78, 5) is 16.5. The molecule has 0 aliphatic carbocycles. The molecule has 0 aromatic heterocycles. The van der Waals surface area contributed by atoms with E-state index in [9.17, 15) is 4.79 Å². The van der Waals surface area contributed by atoms with Crippen LogP contribution in [0.3, 0.4) is 0 Å². The third-order valence-electron chi connectivity index (χ3n) is 5.58.